The van der Waals surface area contributed by atoms with Gasteiger partial charge < -0.3 is 10.6 Å². The first-order chi connectivity index (χ1) is 9.33. The van der Waals surface area contributed by atoms with Gasteiger partial charge in [-0.3, -0.25) is 4.68 Å². The van der Waals surface area contributed by atoms with Crippen molar-refractivity contribution in [3.63, 3.8) is 0 Å². The Bertz CT molecular complexity index is 547. The van der Waals surface area contributed by atoms with Crippen LogP contribution in [0.25, 0.3) is 0 Å². The summed E-state index contributed by atoms with van der Waals surface area (Å²) >= 11 is 0. The van der Waals surface area contributed by atoms with E-state index in [0.29, 0.717) is 5.82 Å². The van der Waals surface area contributed by atoms with Crippen LogP contribution in [0.5, 0.6) is 0 Å². The van der Waals surface area contributed by atoms with Crippen LogP contribution in [0, 0.1) is 0 Å². The van der Waals surface area contributed by atoms with Gasteiger partial charge in [0.1, 0.15) is 5.82 Å². The fraction of sp³-hybridized carbons (Fsp3) is 0.400. The van der Waals surface area contributed by atoms with E-state index in [9.17, 15) is 0 Å². The second-order valence-corrected chi connectivity index (χ2v) is 5.08. The van der Waals surface area contributed by atoms with E-state index in [1.54, 1.807) is 0 Å². The maximum Gasteiger partial charge on any atom is 0.145 e. The van der Waals surface area contributed by atoms with Gasteiger partial charge in [0.15, 0.2) is 0 Å². The molecule has 1 aromatic heterocycles. The van der Waals surface area contributed by atoms with Gasteiger partial charge in [-0.2, -0.15) is 5.10 Å². The summed E-state index contributed by atoms with van der Waals surface area (Å²) < 4.78 is 1.92. The number of nitrogens with zero attached hydrogens (tertiary/aromatic N) is 3. The number of nitrogens with two attached hydrogens (primary N) is 1. The summed E-state index contributed by atoms with van der Waals surface area (Å²) in [6, 6.07) is 10.6. The highest BCUT2D eigenvalue weighted by Gasteiger charge is 2.15. The van der Waals surface area contributed by atoms with Crippen LogP contribution in [0.15, 0.2) is 36.5 Å². The lowest BCUT2D eigenvalue weighted by Gasteiger charge is -2.31. The van der Waals surface area contributed by atoms with Crippen LogP contribution in [-0.4, -0.2) is 22.9 Å². The van der Waals surface area contributed by atoms with E-state index in [-0.39, 0.29) is 0 Å². The molecule has 0 atom stereocenters. The second-order valence-electron chi connectivity index (χ2n) is 5.08. The molecule has 1 aliphatic rings. The maximum atomic E-state index is 5.61. The Hall–Kier alpha value is -1.97. The number of rotatable bonds is 4. The van der Waals surface area contributed by atoms with E-state index >= 15 is 0 Å². The molecule has 0 aliphatic carbocycles. The summed E-state index contributed by atoms with van der Waals surface area (Å²) in [5, 5.41) is 4.21. The van der Waals surface area contributed by atoms with Gasteiger partial charge in [-0.05, 0) is 37.0 Å². The number of aryl methyl sites for hydroxylation is 2. The van der Waals surface area contributed by atoms with Crippen molar-refractivity contribution in [2.75, 3.05) is 23.7 Å². The van der Waals surface area contributed by atoms with Crippen molar-refractivity contribution in [2.24, 2.45) is 0 Å². The van der Waals surface area contributed by atoms with Crippen LogP contribution in [0.4, 0.5) is 11.5 Å². The second kappa shape index (κ2) is 5.34. The van der Waals surface area contributed by atoms with E-state index in [4.69, 9.17) is 5.73 Å². The Labute approximate surface area is 113 Å². The number of benzene rings is 1. The zero-order chi connectivity index (χ0) is 13.1. The molecule has 4 heteroatoms. The lowest BCUT2D eigenvalue weighted by molar-refractivity contribution is 0.562. The molecule has 0 spiro atoms. The molecule has 2 N–H and O–H groups in total. The highest BCUT2D eigenvalue weighted by Crippen LogP contribution is 2.26. The average molecular weight is 256 g/mol. The molecule has 100 valence electrons. The van der Waals surface area contributed by atoms with Gasteiger partial charge in [0.25, 0.3) is 0 Å². The normalized spacial score (nSPS) is 14.4. The van der Waals surface area contributed by atoms with Gasteiger partial charge in [-0.1, -0.05) is 18.2 Å². The summed E-state index contributed by atoms with van der Waals surface area (Å²) in [6.07, 6.45) is 5.50. The molecular formula is C15H20N4. The molecular weight excluding hydrogens is 236 g/mol. The van der Waals surface area contributed by atoms with Crippen LogP contribution in [0.1, 0.15) is 18.4 Å². The lowest BCUT2D eigenvalue weighted by Crippen LogP contribution is -2.30. The van der Waals surface area contributed by atoms with Crippen molar-refractivity contribution in [3.8, 4) is 0 Å². The summed E-state index contributed by atoms with van der Waals surface area (Å²) in [6.45, 7) is 3.17. The molecule has 1 aromatic carbocycles. The molecule has 19 heavy (non-hydrogen) atoms. The number of hydrogen-bond donors (Lipinski definition) is 1. The van der Waals surface area contributed by atoms with Gasteiger partial charge in [0, 0.05) is 31.5 Å². The van der Waals surface area contributed by atoms with Crippen LogP contribution in [0.3, 0.4) is 0 Å². The first kappa shape index (κ1) is 12.1. The number of nitrogen functional groups attached to an aromatic ring is 1. The molecule has 0 unspecified atom stereocenters. The van der Waals surface area contributed by atoms with Crippen LogP contribution >= 0.6 is 0 Å². The summed E-state index contributed by atoms with van der Waals surface area (Å²) in [5.41, 5.74) is 8.51. The third-order valence-corrected chi connectivity index (χ3v) is 3.68. The van der Waals surface area contributed by atoms with Crippen LogP contribution in [-0.2, 0) is 13.0 Å². The zero-order valence-electron chi connectivity index (χ0n) is 11.1. The third kappa shape index (κ3) is 2.72. The number of anilines is 2. The molecule has 0 amide bonds. The molecule has 2 heterocycles. The first-order valence-corrected chi connectivity index (χ1v) is 6.95. The van der Waals surface area contributed by atoms with Crippen LogP contribution in [0.2, 0.25) is 0 Å². The predicted molar refractivity (Wildman–Crippen MR) is 78.2 cm³/mol. The molecule has 0 radical (unpaired) electrons. The highest BCUT2D eigenvalue weighted by molar-refractivity contribution is 5.55. The molecule has 0 saturated carbocycles. The SMILES string of the molecule is Nc1ccn(CCCN2CCCc3ccccc32)n1. The van der Waals surface area contributed by atoms with Gasteiger partial charge >= 0.3 is 0 Å². The smallest absolute Gasteiger partial charge is 0.145 e. The van der Waals surface area contributed by atoms with E-state index < -0.39 is 0 Å². The fourth-order valence-corrected chi connectivity index (χ4v) is 2.77. The first-order valence-electron chi connectivity index (χ1n) is 6.95. The number of para-hydroxylation sites is 1. The molecule has 4 nitrogen and oxygen atoms in total. The van der Waals surface area contributed by atoms with Crippen molar-refractivity contribution in [1.29, 1.82) is 0 Å². The minimum atomic E-state index is 0.600. The van der Waals surface area contributed by atoms with Gasteiger partial charge in [0.05, 0.1) is 0 Å². The fourth-order valence-electron chi connectivity index (χ4n) is 2.77. The van der Waals surface area contributed by atoms with Crippen molar-refractivity contribution >= 4 is 11.5 Å². The standard InChI is InChI=1S/C15H20N4/c16-15-8-12-19(17-15)11-4-10-18-9-3-6-13-5-1-2-7-14(13)18/h1-2,5,7-8,12H,3-4,6,9-11H2,(H2,16,17). The van der Waals surface area contributed by atoms with Gasteiger partial charge in [-0.15, -0.1) is 0 Å². The summed E-state index contributed by atoms with van der Waals surface area (Å²) in [5.74, 6) is 0.600. The molecule has 0 saturated heterocycles. The lowest BCUT2D eigenvalue weighted by atomic mass is 10.0. The Kier molecular flexibility index (Phi) is 3.40. The van der Waals surface area contributed by atoms with Crippen LogP contribution < -0.4 is 10.6 Å². The molecule has 0 fully saturated rings. The number of aromatic nitrogens is 2. The monoisotopic (exact) mass is 256 g/mol. The number of hydrogen-bond acceptors (Lipinski definition) is 3. The Balaban J connectivity index is 1.59. The number of fused-ring (bicyclic) bond motifs is 1. The molecule has 0 bridgehead atoms. The van der Waals surface area contributed by atoms with Crippen molar-refractivity contribution < 1.29 is 0 Å². The molecule has 2 aromatic rings. The Morgan fingerprint density at radius 2 is 2.05 bits per heavy atom. The van der Waals surface area contributed by atoms with E-state index in [0.717, 1.165) is 26.1 Å². The molecule has 3 rings (SSSR count). The Morgan fingerprint density at radius 1 is 1.16 bits per heavy atom. The van der Waals surface area contributed by atoms with Gasteiger partial charge in [-0.25, -0.2) is 0 Å². The minimum absolute atomic E-state index is 0.600. The predicted octanol–water partition coefficient (Wildman–Crippen LogP) is 2.31. The van der Waals surface area contributed by atoms with Crippen molar-refractivity contribution in [1.82, 2.24) is 9.78 Å². The summed E-state index contributed by atoms with van der Waals surface area (Å²) in [4.78, 5) is 2.49. The zero-order valence-corrected chi connectivity index (χ0v) is 11.1. The maximum absolute atomic E-state index is 5.61. The Morgan fingerprint density at radius 3 is 2.89 bits per heavy atom. The van der Waals surface area contributed by atoms with Crippen molar-refractivity contribution in [3.05, 3.63) is 42.1 Å². The minimum Gasteiger partial charge on any atom is -0.382 e. The van der Waals surface area contributed by atoms with Crippen molar-refractivity contribution in [2.45, 2.75) is 25.8 Å². The highest BCUT2D eigenvalue weighted by atomic mass is 15.3. The average Bonchev–Trinajstić information content (AvgIpc) is 2.85. The van der Waals surface area contributed by atoms with E-state index in [2.05, 4.69) is 34.3 Å². The summed E-state index contributed by atoms with van der Waals surface area (Å²) in [7, 11) is 0. The van der Waals surface area contributed by atoms with Gasteiger partial charge in [0.2, 0.25) is 0 Å². The van der Waals surface area contributed by atoms with E-state index in [1.165, 1.54) is 24.1 Å². The largest absolute Gasteiger partial charge is 0.382 e. The van der Waals surface area contributed by atoms with E-state index in [1.807, 2.05) is 16.9 Å². The topological polar surface area (TPSA) is 47.1 Å². The molecule has 1 aliphatic heterocycles. The third-order valence-electron chi connectivity index (χ3n) is 3.68. The quantitative estimate of drug-likeness (QED) is 0.913.